The molecule has 0 unspecified atom stereocenters. The van der Waals surface area contributed by atoms with Crippen LogP contribution in [0.5, 0.6) is 0 Å². The summed E-state index contributed by atoms with van der Waals surface area (Å²) >= 11 is 0. The van der Waals surface area contributed by atoms with Crippen LogP contribution >= 0.6 is 0 Å². The Labute approximate surface area is 185 Å². The van der Waals surface area contributed by atoms with Gasteiger partial charge in [0.2, 0.25) is 11.8 Å². The van der Waals surface area contributed by atoms with Crippen molar-refractivity contribution in [3.05, 3.63) is 60.2 Å². The molecule has 8 heteroatoms. The monoisotopic (exact) mass is 433 g/mol. The first kappa shape index (κ1) is 20.4. The number of fused-ring (bicyclic) bond motifs is 4. The van der Waals surface area contributed by atoms with Gasteiger partial charge in [0.15, 0.2) is 0 Å². The molecule has 0 radical (unpaired) electrons. The maximum Gasteiger partial charge on any atom is 0.326 e. The molecule has 2 fully saturated rings. The van der Waals surface area contributed by atoms with Gasteiger partial charge in [-0.15, -0.1) is 0 Å². The minimum Gasteiger partial charge on any atom is -0.465 e. The summed E-state index contributed by atoms with van der Waals surface area (Å²) in [6, 6.07) is 15.4. The highest BCUT2D eigenvalue weighted by atomic mass is 16.5. The number of ether oxygens (including phenoxy) is 1. The number of esters is 1. The van der Waals surface area contributed by atoms with E-state index in [0.29, 0.717) is 16.9 Å². The molecular weight excluding hydrogens is 410 g/mol. The van der Waals surface area contributed by atoms with E-state index in [1.807, 2.05) is 13.0 Å². The molecular formula is C24H23N3O5. The molecule has 3 aliphatic rings. The Balaban J connectivity index is 1.62. The molecule has 2 saturated heterocycles. The van der Waals surface area contributed by atoms with Crippen molar-refractivity contribution >= 4 is 35.1 Å². The zero-order chi connectivity index (χ0) is 22.6. The van der Waals surface area contributed by atoms with Gasteiger partial charge < -0.3 is 4.74 Å². The predicted octanol–water partition coefficient (Wildman–Crippen LogP) is 1.59. The lowest BCUT2D eigenvalue weighted by atomic mass is 9.76. The van der Waals surface area contributed by atoms with Gasteiger partial charge in [-0.1, -0.05) is 36.4 Å². The Kier molecular flexibility index (Phi) is 4.63. The molecule has 3 amide bonds. The van der Waals surface area contributed by atoms with Gasteiger partial charge in [0, 0.05) is 17.3 Å². The lowest BCUT2D eigenvalue weighted by Gasteiger charge is -2.30. The van der Waals surface area contributed by atoms with Crippen molar-refractivity contribution in [3.8, 4) is 0 Å². The van der Waals surface area contributed by atoms with E-state index in [1.165, 1.54) is 9.80 Å². The molecule has 32 heavy (non-hydrogen) atoms. The quantitative estimate of drug-likeness (QED) is 0.581. The molecule has 4 atom stereocenters. The molecule has 164 valence electrons. The van der Waals surface area contributed by atoms with Crippen LogP contribution < -0.4 is 15.1 Å². The predicted molar refractivity (Wildman–Crippen MR) is 116 cm³/mol. The summed E-state index contributed by atoms with van der Waals surface area (Å²) in [7, 11) is 0. The Morgan fingerprint density at radius 1 is 1.03 bits per heavy atom. The van der Waals surface area contributed by atoms with E-state index < -0.39 is 41.2 Å². The first-order valence-electron chi connectivity index (χ1n) is 10.7. The summed E-state index contributed by atoms with van der Waals surface area (Å²) in [6.07, 6.45) is 0. The fourth-order valence-electron chi connectivity index (χ4n) is 5.43. The largest absolute Gasteiger partial charge is 0.465 e. The van der Waals surface area contributed by atoms with Gasteiger partial charge in [-0.3, -0.25) is 29.4 Å². The maximum atomic E-state index is 13.9. The molecule has 0 bridgehead atoms. The second-order valence-electron chi connectivity index (χ2n) is 8.31. The highest BCUT2D eigenvalue weighted by Crippen LogP contribution is 2.54. The molecule has 5 rings (SSSR count). The van der Waals surface area contributed by atoms with Crippen LogP contribution in [0.15, 0.2) is 54.6 Å². The number of benzene rings is 2. The number of para-hydroxylation sites is 2. The second kappa shape index (κ2) is 7.27. The Hall–Kier alpha value is -3.52. The molecule has 8 nitrogen and oxygen atoms in total. The summed E-state index contributed by atoms with van der Waals surface area (Å²) in [5.74, 6) is -3.29. The van der Waals surface area contributed by atoms with Crippen LogP contribution in [-0.2, 0) is 29.5 Å². The van der Waals surface area contributed by atoms with E-state index in [9.17, 15) is 19.2 Å². The Bertz CT molecular complexity index is 1130. The standard InChI is InChI=1S/C24H23N3O5/c1-3-32-18(28)13-26-17-12-8-7-11-16(17)24(23(26)31)20-19(14(2)25-24)21(29)27(22(20)30)15-9-5-4-6-10-15/h4-12,14,19-20,25H,3,13H2,1-2H3/t14-,19+,20+,24-/m0/s1. The van der Waals surface area contributed by atoms with E-state index >= 15 is 0 Å². The van der Waals surface area contributed by atoms with Gasteiger partial charge in [-0.2, -0.15) is 0 Å². The number of hydrogen-bond acceptors (Lipinski definition) is 6. The lowest BCUT2D eigenvalue weighted by Crippen LogP contribution is -2.55. The average Bonchev–Trinajstić information content (AvgIpc) is 3.33. The van der Waals surface area contributed by atoms with Crippen molar-refractivity contribution in [2.45, 2.75) is 25.4 Å². The maximum absolute atomic E-state index is 13.9. The Morgan fingerprint density at radius 3 is 2.44 bits per heavy atom. The molecule has 1 N–H and O–H groups in total. The normalized spacial score (nSPS) is 28.4. The fourth-order valence-corrected chi connectivity index (χ4v) is 5.43. The molecule has 1 spiro atoms. The van der Waals surface area contributed by atoms with E-state index in [0.717, 1.165) is 0 Å². The highest BCUT2D eigenvalue weighted by Gasteiger charge is 2.71. The molecule has 3 heterocycles. The van der Waals surface area contributed by atoms with Crippen LogP contribution in [0.25, 0.3) is 0 Å². The minimum atomic E-state index is -1.41. The third-order valence-electron chi connectivity index (χ3n) is 6.62. The summed E-state index contributed by atoms with van der Waals surface area (Å²) in [6.45, 7) is 3.46. The van der Waals surface area contributed by atoms with E-state index in [-0.39, 0.29) is 19.1 Å². The van der Waals surface area contributed by atoms with Crippen LogP contribution in [0, 0.1) is 11.8 Å². The van der Waals surface area contributed by atoms with Crippen molar-refractivity contribution < 1.29 is 23.9 Å². The molecule has 0 aromatic heterocycles. The van der Waals surface area contributed by atoms with Gasteiger partial charge in [-0.25, -0.2) is 4.90 Å². The van der Waals surface area contributed by atoms with Crippen LogP contribution in [0.4, 0.5) is 11.4 Å². The summed E-state index contributed by atoms with van der Waals surface area (Å²) < 4.78 is 5.06. The zero-order valence-electron chi connectivity index (χ0n) is 17.8. The summed E-state index contributed by atoms with van der Waals surface area (Å²) in [5, 5.41) is 3.29. The van der Waals surface area contributed by atoms with Crippen molar-refractivity contribution in [2.75, 3.05) is 23.0 Å². The first-order valence-corrected chi connectivity index (χ1v) is 10.7. The van der Waals surface area contributed by atoms with Gasteiger partial charge in [0.05, 0.1) is 24.1 Å². The molecule has 2 aromatic carbocycles. The van der Waals surface area contributed by atoms with Gasteiger partial charge >= 0.3 is 5.97 Å². The number of nitrogens with one attached hydrogen (secondary N) is 1. The van der Waals surface area contributed by atoms with E-state index in [1.54, 1.807) is 55.5 Å². The lowest BCUT2D eigenvalue weighted by molar-refractivity contribution is -0.142. The van der Waals surface area contributed by atoms with Gasteiger partial charge in [-0.05, 0) is 32.0 Å². The van der Waals surface area contributed by atoms with Crippen molar-refractivity contribution in [3.63, 3.8) is 0 Å². The van der Waals surface area contributed by atoms with Crippen molar-refractivity contribution in [1.29, 1.82) is 0 Å². The number of anilines is 2. The van der Waals surface area contributed by atoms with Crippen LogP contribution in [0.2, 0.25) is 0 Å². The number of imide groups is 1. The zero-order valence-corrected chi connectivity index (χ0v) is 17.8. The third kappa shape index (κ3) is 2.59. The van der Waals surface area contributed by atoms with Crippen LogP contribution in [-0.4, -0.2) is 42.9 Å². The number of carbonyl (C=O) groups excluding carboxylic acids is 4. The third-order valence-corrected chi connectivity index (χ3v) is 6.62. The van der Waals surface area contributed by atoms with E-state index in [2.05, 4.69) is 5.32 Å². The van der Waals surface area contributed by atoms with Gasteiger partial charge in [0.1, 0.15) is 12.1 Å². The van der Waals surface area contributed by atoms with Gasteiger partial charge in [0.25, 0.3) is 5.91 Å². The fraction of sp³-hybridized carbons (Fsp3) is 0.333. The van der Waals surface area contributed by atoms with E-state index in [4.69, 9.17) is 4.74 Å². The van der Waals surface area contributed by atoms with Crippen molar-refractivity contribution in [2.24, 2.45) is 11.8 Å². The number of hydrogen-bond donors (Lipinski definition) is 1. The van der Waals surface area contributed by atoms with Crippen LogP contribution in [0.1, 0.15) is 19.4 Å². The highest BCUT2D eigenvalue weighted by molar-refractivity contribution is 6.26. The SMILES string of the molecule is CCOC(=O)CN1C(=O)[C@]2(N[C@@H](C)[C@H]3C(=O)N(c4ccccc4)C(=O)[C@@H]32)c2ccccc21. The topological polar surface area (TPSA) is 96.0 Å². The molecule has 0 aliphatic carbocycles. The second-order valence-corrected chi connectivity index (χ2v) is 8.31. The van der Waals surface area contributed by atoms with Crippen LogP contribution in [0.3, 0.4) is 0 Å². The first-order chi connectivity index (χ1) is 15.4. The number of amides is 3. The Morgan fingerprint density at radius 2 is 1.72 bits per heavy atom. The summed E-state index contributed by atoms with van der Waals surface area (Å²) in [4.78, 5) is 55.7. The number of rotatable bonds is 4. The number of nitrogens with zero attached hydrogens (tertiary/aromatic N) is 2. The van der Waals surface area contributed by atoms with Crippen molar-refractivity contribution in [1.82, 2.24) is 5.32 Å². The molecule has 0 saturated carbocycles. The smallest absolute Gasteiger partial charge is 0.326 e. The molecule has 2 aromatic rings. The number of carbonyl (C=O) groups is 4. The molecule has 3 aliphatic heterocycles. The average molecular weight is 433 g/mol. The minimum absolute atomic E-state index is 0.201. The summed E-state index contributed by atoms with van der Waals surface area (Å²) in [5.41, 5.74) is 0.221.